The largest absolute Gasteiger partial charge is 0.437 e. The van der Waals surface area contributed by atoms with E-state index in [1.54, 1.807) is 12.1 Å². The van der Waals surface area contributed by atoms with E-state index in [0.717, 1.165) is 11.1 Å². The molecule has 0 fully saturated rings. The molecule has 18 heavy (non-hydrogen) atoms. The summed E-state index contributed by atoms with van der Waals surface area (Å²) in [4.78, 5) is 7.91. The molecule has 0 aliphatic rings. The van der Waals surface area contributed by atoms with Crippen LogP contribution in [0.4, 0.5) is 0 Å². The molecule has 0 bridgehead atoms. The number of halogens is 1. The summed E-state index contributed by atoms with van der Waals surface area (Å²) in [6.45, 7) is 3.75. The first kappa shape index (κ1) is 12.3. The van der Waals surface area contributed by atoms with Crippen LogP contribution in [-0.4, -0.2) is 9.97 Å². The summed E-state index contributed by atoms with van der Waals surface area (Å²) in [5, 5.41) is 9.15. The quantitative estimate of drug-likeness (QED) is 0.829. The Hall–Kier alpha value is -2.12. The minimum atomic E-state index is 0.274. The molecule has 2 aromatic rings. The Morgan fingerprint density at radius 3 is 2.44 bits per heavy atom. The van der Waals surface area contributed by atoms with Gasteiger partial charge in [-0.25, -0.2) is 0 Å². The lowest BCUT2D eigenvalue weighted by Crippen LogP contribution is -1.95. The second-order valence-electron chi connectivity index (χ2n) is 3.83. The van der Waals surface area contributed by atoms with Gasteiger partial charge in [-0.2, -0.15) is 10.2 Å². The van der Waals surface area contributed by atoms with E-state index < -0.39 is 0 Å². The van der Waals surface area contributed by atoms with E-state index in [2.05, 4.69) is 16.0 Å². The summed E-state index contributed by atoms with van der Waals surface area (Å²) in [7, 11) is 0. The van der Waals surface area contributed by atoms with Crippen LogP contribution in [0.1, 0.15) is 16.7 Å². The van der Waals surface area contributed by atoms with Crippen LogP contribution in [0, 0.1) is 25.2 Å². The molecule has 1 aromatic carbocycles. The fourth-order valence-electron chi connectivity index (χ4n) is 1.66. The van der Waals surface area contributed by atoms with Gasteiger partial charge < -0.3 is 4.74 Å². The summed E-state index contributed by atoms with van der Waals surface area (Å²) in [6.07, 6.45) is 2.93. The van der Waals surface area contributed by atoms with Crippen LogP contribution in [0.15, 0.2) is 24.5 Å². The molecular weight excluding hydrogens is 250 g/mol. The second-order valence-corrected chi connectivity index (χ2v) is 4.22. The fourth-order valence-corrected chi connectivity index (χ4v) is 1.79. The third-order valence-corrected chi connectivity index (χ3v) is 2.56. The van der Waals surface area contributed by atoms with E-state index in [4.69, 9.17) is 21.6 Å². The number of ether oxygens (including phenoxy) is 1. The average molecular weight is 260 g/mol. The molecule has 0 spiro atoms. The monoisotopic (exact) mass is 259 g/mol. The first-order chi connectivity index (χ1) is 8.60. The average Bonchev–Trinajstić information content (AvgIpc) is 2.33. The van der Waals surface area contributed by atoms with Gasteiger partial charge in [0.2, 0.25) is 5.88 Å². The third kappa shape index (κ3) is 2.58. The van der Waals surface area contributed by atoms with E-state index in [1.807, 2.05) is 13.8 Å². The number of rotatable bonds is 2. The Labute approximate surface area is 110 Å². The maximum atomic E-state index is 8.87. The lowest BCUT2D eigenvalue weighted by atomic mass is 10.1. The maximum Gasteiger partial charge on any atom is 0.239 e. The fraction of sp³-hybridized carbons (Fsp3) is 0.154. The third-order valence-electron chi connectivity index (χ3n) is 2.38. The number of aryl methyl sites for hydroxylation is 2. The number of nitrogens with zero attached hydrogens (tertiary/aromatic N) is 3. The number of hydrogen-bond acceptors (Lipinski definition) is 4. The Kier molecular flexibility index (Phi) is 3.45. The first-order valence-electron chi connectivity index (χ1n) is 5.27. The lowest BCUT2D eigenvalue weighted by Gasteiger charge is -2.11. The Bertz CT molecular complexity index is 611. The van der Waals surface area contributed by atoms with Gasteiger partial charge in [0.1, 0.15) is 5.75 Å². The van der Waals surface area contributed by atoms with E-state index >= 15 is 0 Å². The molecule has 4 nitrogen and oxygen atoms in total. The minimum Gasteiger partial charge on any atom is -0.437 e. The van der Waals surface area contributed by atoms with Crippen LogP contribution >= 0.6 is 11.6 Å². The number of nitriles is 1. The van der Waals surface area contributed by atoms with Crippen LogP contribution in [-0.2, 0) is 0 Å². The highest BCUT2D eigenvalue weighted by Crippen LogP contribution is 2.28. The van der Waals surface area contributed by atoms with E-state index in [0.29, 0.717) is 17.2 Å². The molecule has 0 unspecified atom stereocenters. The highest BCUT2D eigenvalue weighted by atomic mass is 35.5. The van der Waals surface area contributed by atoms with Gasteiger partial charge in [0, 0.05) is 0 Å². The molecule has 0 aliphatic heterocycles. The van der Waals surface area contributed by atoms with Crippen molar-refractivity contribution in [2.75, 3.05) is 0 Å². The summed E-state index contributed by atoms with van der Waals surface area (Å²) in [5.41, 5.74) is 2.34. The molecule has 1 heterocycles. The topological polar surface area (TPSA) is 58.8 Å². The molecular formula is C13H10ClN3O. The number of aromatic nitrogens is 2. The van der Waals surface area contributed by atoms with E-state index in [1.165, 1.54) is 12.4 Å². The van der Waals surface area contributed by atoms with Gasteiger partial charge >= 0.3 is 0 Å². The normalized spacial score (nSPS) is 9.89. The van der Waals surface area contributed by atoms with Crippen molar-refractivity contribution in [3.8, 4) is 17.7 Å². The first-order valence-corrected chi connectivity index (χ1v) is 5.64. The molecule has 0 atom stereocenters. The maximum absolute atomic E-state index is 8.87. The predicted molar refractivity (Wildman–Crippen MR) is 67.7 cm³/mol. The highest BCUT2D eigenvalue weighted by Gasteiger charge is 2.09. The van der Waals surface area contributed by atoms with Crippen LogP contribution in [0.2, 0.25) is 5.15 Å². The predicted octanol–water partition coefficient (Wildman–Crippen LogP) is 3.41. The van der Waals surface area contributed by atoms with Crippen molar-refractivity contribution in [1.82, 2.24) is 9.97 Å². The van der Waals surface area contributed by atoms with Gasteiger partial charge in [-0.15, -0.1) is 0 Å². The smallest absolute Gasteiger partial charge is 0.239 e. The van der Waals surface area contributed by atoms with Gasteiger partial charge in [-0.1, -0.05) is 11.6 Å². The van der Waals surface area contributed by atoms with Crippen molar-refractivity contribution >= 4 is 11.6 Å². The van der Waals surface area contributed by atoms with Crippen molar-refractivity contribution in [2.45, 2.75) is 13.8 Å². The van der Waals surface area contributed by atoms with E-state index in [-0.39, 0.29) is 5.15 Å². The van der Waals surface area contributed by atoms with Crippen LogP contribution < -0.4 is 4.74 Å². The summed E-state index contributed by atoms with van der Waals surface area (Å²) < 4.78 is 5.65. The number of benzene rings is 1. The van der Waals surface area contributed by atoms with Gasteiger partial charge in [0.25, 0.3) is 0 Å². The van der Waals surface area contributed by atoms with Crippen LogP contribution in [0.5, 0.6) is 11.6 Å². The SMILES string of the molecule is Cc1cc(C#N)cc(C)c1Oc1cncc(Cl)n1. The standard InChI is InChI=1S/C13H10ClN3O/c1-8-3-10(5-15)4-9(2)13(8)18-12-7-16-6-11(14)17-12/h3-4,6-7H,1-2H3. The van der Waals surface area contributed by atoms with Crippen molar-refractivity contribution in [3.05, 3.63) is 46.4 Å². The van der Waals surface area contributed by atoms with Gasteiger partial charge in [0.15, 0.2) is 5.15 Å². The van der Waals surface area contributed by atoms with Crippen molar-refractivity contribution in [2.24, 2.45) is 0 Å². The molecule has 1 aromatic heterocycles. The molecule has 90 valence electrons. The van der Waals surface area contributed by atoms with Crippen molar-refractivity contribution in [1.29, 1.82) is 5.26 Å². The summed E-state index contributed by atoms with van der Waals surface area (Å²) >= 11 is 5.74. The molecule has 5 heteroatoms. The molecule has 2 rings (SSSR count). The van der Waals surface area contributed by atoms with Crippen LogP contribution in [0.3, 0.4) is 0 Å². The molecule has 0 aliphatic carbocycles. The second kappa shape index (κ2) is 5.03. The van der Waals surface area contributed by atoms with Gasteiger partial charge in [-0.3, -0.25) is 4.98 Å². The molecule has 0 saturated heterocycles. The summed E-state index contributed by atoms with van der Waals surface area (Å²) in [5.74, 6) is 1.00. The Morgan fingerprint density at radius 2 is 1.89 bits per heavy atom. The molecule has 0 amide bonds. The zero-order valence-electron chi connectivity index (χ0n) is 9.94. The zero-order chi connectivity index (χ0) is 13.1. The highest BCUT2D eigenvalue weighted by molar-refractivity contribution is 6.29. The van der Waals surface area contributed by atoms with Gasteiger partial charge in [0.05, 0.1) is 24.0 Å². The zero-order valence-corrected chi connectivity index (χ0v) is 10.7. The molecule has 0 N–H and O–H groups in total. The van der Waals surface area contributed by atoms with Crippen molar-refractivity contribution in [3.63, 3.8) is 0 Å². The Balaban J connectivity index is 2.38. The van der Waals surface area contributed by atoms with E-state index in [9.17, 15) is 0 Å². The molecule has 0 saturated carbocycles. The molecule has 0 radical (unpaired) electrons. The van der Waals surface area contributed by atoms with Crippen molar-refractivity contribution < 1.29 is 4.74 Å². The van der Waals surface area contributed by atoms with Gasteiger partial charge in [-0.05, 0) is 37.1 Å². The van der Waals surface area contributed by atoms with Crippen LogP contribution in [0.25, 0.3) is 0 Å². The minimum absolute atomic E-state index is 0.274. The lowest BCUT2D eigenvalue weighted by molar-refractivity contribution is 0.453. The number of hydrogen-bond donors (Lipinski definition) is 0. The Morgan fingerprint density at radius 1 is 1.22 bits per heavy atom. The summed E-state index contributed by atoms with van der Waals surface area (Å²) in [6, 6.07) is 5.63.